The molecule has 0 unspecified atom stereocenters. The van der Waals surface area contributed by atoms with Crippen molar-refractivity contribution in [3.63, 3.8) is 0 Å². The van der Waals surface area contributed by atoms with Crippen LogP contribution in [-0.4, -0.2) is 19.0 Å². The first kappa shape index (κ1) is 11.5. The van der Waals surface area contributed by atoms with E-state index >= 15 is 0 Å². The second kappa shape index (κ2) is 4.87. The number of hydrogen-bond acceptors (Lipinski definition) is 3. The van der Waals surface area contributed by atoms with Crippen LogP contribution in [0, 0.1) is 0 Å². The summed E-state index contributed by atoms with van der Waals surface area (Å²) < 4.78 is 12.0. The molecule has 0 aromatic heterocycles. The van der Waals surface area contributed by atoms with Gasteiger partial charge in [0, 0.05) is 12.8 Å². The number of fused-ring (bicyclic) bond motifs is 1. The zero-order valence-electron chi connectivity index (χ0n) is 9.09. The van der Waals surface area contributed by atoms with E-state index in [1.54, 1.807) is 6.92 Å². The Hall–Kier alpha value is -1.03. The molecule has 16 heavy (non-hydrogen) atoms. The average molecular weight is 285 g/mol. The molecule has 1 aliphatic heterocycles. The van der Waals surface area contributed by atoms with Gasteiger partial charge < -0.3 is 9.47 Å². The first-order valence-electron chi connectivity index (χ1n) is 5.25. The highest BCUT2D eigenvalue weighted by molar-refractivity contribution is 9.10. The van der Waals surface area contributed by atoms with Gasteiger partial charge in [0.05, 0.1) is 17.7 Å². The molecule has 0 saturated carbocycles. The van der Waals surface area contributed by atoms with E-state index in [1.807, 2.05) is 12.1 Å². The normalized spacial score (nSPS) is 14.4. The summed E-state index contributed by atoms with van der Waals surface area (Å²) in [6.07, 6.45) is 1.29. The Morgan fingerprint density at radius 3 is 2.88 bits per heavy atom. The number of benzene rings is 1. The Morgan fingerprint density at radius 2 is 2.12 bits per heavy atom. The molecule has 86 valence electrons. The van der Waals surface area contributed by atoms with E-state index in [0.717, 1.165) is 28.0 Å². The molecule has 1 heterocycles. The Morgan fingerprint density at radius 1 is 1.38 bits per heavy atom. The molecule has 0 spiro atoms. The second-order valence-electron chi connectivity index (χ2n) is 3.80. The van der Waals surface area contributed by atoms with Gasteiger partial charge in [-0.25, -0.2) is 0 Å². The highest BCUT2D eigenvalue weighted by Gasteiger charge is 2.17. The maximum absolute atomic E-state index is 11.1. The lowest BCUT2D eigenvalue weighted by Crippen LogP contribution is -2.00. The largest absolute Gasteiger partial charge is 0.490 e. The van der Waals surface area contributed by atoms with E-state index in [-0.39, 0.29) is 5.78 Å². The SMILES string of the molecule is CC(=O)Cc1ccc2c(c1Br)OCCCO2. The first-order valence-corrected chi connectivity index (χ1v) is 6.04. The molecule has 0 bridgehead atoms. The lowest BCUT2D eigenvalue weighted by Gasteiger charge is -2.12. The summed E-state index contributed by atoms with van der Waals surface area (Å²) in [5.74, 6) is 1.60. The number of ether oxygens (including phenoxy) is 2. The zero-order valence-corrected chi connectivity index (χ0v) is 10.7. The van der Waals surface area contributed by atoms with Gasteiger partial charge in [-0.2, -0.15) is 0 Å². The minimum Gasteiger partial charge on any atom is -0.490 e. The van der Waals surface area contributed by atoms with E-state index in [4.69, 9.17) is 9.47 Å². The third-order valence-corrected chi connectivity index (χ3v) is 3.24. The van der Waals surface area contributed by atoms with Crippen LogP contribution in [0.3, 0.4) is 0 Å². The van der Waals surface area contributed by atoms with Crippen molar-refractivity contribution in [2.75, 3.05) is 13.2 Å². The molecule has 0 amide bonds. The van der Waals surface area contributed by atoms with Crippen molar-refractivity contribution in [1.29, 1.82) is 0 Å². The van der Waals surface area contributed by atoms with Gasteiger partial charge in [-0.15, -0.1) is 0 Å². The van der Waals surface area contributed by atoms with E-state index in [2.05, 4.69) is 15.9 Å². The Balaban J connectivity index is 2.37. The minimum atomic E-state index is 0.134. The maximum atomic E-state index is 11.1. The van der Waals surface area contributed by atoms with E-state index in [1.165, 1.54) is 0 Å². The molecule has 0 fully saturated rings. The van der Waals surface area contributed by atoms with Gasteiger partial charge in [-0.1, -0.05) is 6.07 Å². The fourth-order valence-electron chi connectivity index (χ4n) is 1.65. The lowest BCUT2D eigenvalue weighted by molar-refractivity contribution is -0.116. The molecule has 0 aliphatic carbocycles. The smallest absolute Gasteiger partial charge is 0.175 e. The summed E-state index contributed by atoms with van der Waals surface area (Å²) in [7, 11) is 0. The second-order valence-corrected chi connectivity index (χ2v) is 4.59. The van der Waals surface area contributed by atoms with Crippen LogP contribution in [0.15, 0.2) is 16.6 Å². The van der Waals surface area contributed by atoms with Crippen molar-refractivity contribution in [3.05, 3.63) is 22.2 Å². The van der Waals surface area contributed by atoms with Crippen molar-refractivity contribution >= 4 is 21.7 Å². The molecule has 3 nitrogen and oxygen atoms in total. The summed E-state index contributed by atoms with van der Waals surface area (Å²) >= 11 is 3.47. The number of rotatable bonds is 2. The van der Waals surface area contributed by atoms with E-state index < -0.39 is 0 Å². The topological polar surface area (TPSA) is 35.5 Å². The first-order chi connectivity index (χ1) is 7.68. The van der Waals surface area contributed by atoms with Gasteiger partial charge in [-0.05, 0) is 34.5 Å². The Bertz CT molecular complexity index is 415. The van der Waals surface area contributed by atoms with E-state index in [0.29, 0.717) is 19.6 Å². The van der Waals surface area contributed by atoms with Gasteiger partial charge in [0.2, 0.25) is 0 Å². The lowest BCUT2D eigenvalue weighted by atomic mass is 10.1. The summed E-state index contributed by atoms with van der Waals surface area (Å²) in [5, 5.41) is 0. The highest BCUT2D eigenvalue weighted by atomic mass is 79.9. The van der Waals surface area contributed by atoms with Crippen molar-refractivity contribution in [2.45, 2.75) is 19.8 Å². The minimum absolute atomic E-state index is 0.134. The standard InChI is InChI=1S/C12H13BrO3/c1-8(14)7-9-3-4-10-12(11(9)13)16-6-2-5-15-10/h3-4H,2,5-7H2,1H3. The molecule has 0 saturated heterocycles. The van der Waals surface area contributed by atoms with Crippen molar-refractivity contribution in [3.8, 4) is 11.5 Å². The molecule has 0 radical (unpaired) electrons. The number of hydrogen-bond donors (Lipinski definition) is 0. The van der Waals surface area contributed by atoms with Crippen LogP contribution < -0.4 is 9.47 Å². The molecule has 1 aromatic rings. The molecule has 1 aromatic carbocycles. The van der Waals surface area contributed by atoms with Crippen molar-refractivity contribution in [1.82, 2.24) is 0 Å². The quantitative estimate of drug-likeness (QED) is 0.838. The van der Waals surface area contributed by atoms with Crippen LogP contribution >= 0.6 is 15.9 Å². The van der Waals surface area contributed by atoms with Gasteiger partial charge >= 0.3 is 0 Å². The van der Waals surface area contributed by atoms with Crippen LogP contribution in [0.25, 0.3) is 0 Å². The van der Waals surface area contributed by atoms with Crippen molar-refractivity contribution in [2.24, 2.45) is 0 Å². The zero-order chi connectivity index (χ0) is 11.5. The maximum Gasteiger partial charge on any atom is 0.175 e. The predicted octanol–water partition coefficient (Wildman–Crippen LogP) is 2.74. The number of Topliss-reactive ketones (excluding diaryl/α,β-unsaturated/α-hetero) is 1. The van der Waals surface area contributed by atoms with Crippen LogP contribution in [0.4, 0.5) is 0 Å². The van der Waals surface area contributed by atoms with Crippen LogP contribution in [-0.2, 0) is 11.2 Å². The van der Waals surface area contributed by atoms with Gasteiger partial charge in [-0.3, -0.25) is 4.79 Å². The van der Waals surface area contributed by atoms with Crippen LogP contribution in [0.1, 0.15) is 18.9 Å². The third-order valence-electron chi connectivity index (χ3n) is 2.37. The molecular formula is C12H13BrO3. The Labute approximate surface area is 103 Å². The molecular weight excluding hydrogens is 272 g/mol. The van der Waals surface area contributed by atoms with Crippen LogP contribution in [0.2, 0.25) is 0 Å². The number of halogens is 1. The van der Waals surface area contributed by atoms with Gasteiger partial charge in [0.1, 0.15) is 5.78 Å². The fraction of sp³-hybridized carbons (Fsp3) is 0.417. The predicted molar refractivity (Wildman–Crippen MR) is 64.1 cm³/mol. The summed E-state index contributed by atoms with van der Waals surface area (Å²) in [6.45, 7) is 2.90. The summed E-state index contributed by atoms with van der Waals surface area (Å²) in [4.78, 5) is 11.1. The molecule has 2 rings (SSSR count). The monoisotopic (exact) mass is 284 g/mol. The fourth-order valence-corrected chi connectivity index (χ4v) is 2.23. The van der Waals surface area contributed by atoms with Crippen molar-refractivity contribution < 1.29 is 14.3 Å². The van der Waals surface area contributed by atoms with Crippen LogP contribution in [0.5, 0.6) is 11.5 Å². The van der Waals surface area contributed by atoms with Gasteiger partial charge in [0.25, 0.3) is 0 Å². The number of ketones is 1. The molecule has 0 N–H and O–H groups in total. The molecule has 1 aliphatic rings. The van der Waals surface area contributed by atoms with E-state index in [9.17, 15) is 4.79 Å². The molecule has 4 heteroatoms. The average Bonchev–Trinajstić information content (AvgIpc) is 2.47. The molecule has 0 atom stereocenters. The number of carbonyl (C=O) groups is 1. The Kier molecular flexibility index (Phi) is 3.49. The highest BCUT2D eigenvalue weighted by Crippen LogP contribution is 2.39. The number of carbonyl (C=O) groups excluding carboxylic acids is 1. The van der Waals surface area contributed by atoms with Gasteiger partial charge in [0.15, 0.2) is 11.5 Å². The summed E-state index contributed by atoms with van der Waals surface area (Å²) in [6, 6.07) is 3.77. The third kappa shape index (κ3) is 2.38. The summed E-state index contributed by atoms with van der Waals surface area (Å²) in [5.41, 5.74) is 0.941.